The van der Waals surface area contributed by atoms with E-state index in [-0.39, 0.29) is 0 Å². The van der Waals surface area contributed by atoms with Gasteiger partial charge < -0.3 is 5.73 Å². The molecule has 0 fully saturated rings. The standard InChI is InChI=1S/C13H13ClN2S/c1-8-3-5-11(9(2)7-8)17-13-10(15)4-6-12(14)16-13/h3-7H,15H2,1-2H3. The Bertz CT molecular complexity index is 555. The minimum atomic E-state index is 0.464. The second-order valence-electron chi connectivity index (χ2n) is 3.90. The summed E-state index contributed by atoms with van der Waals surface area (Å²) in [6.45, 7) is 4.16. The summed E-state index contributed by atoms with van der Waals surface area (Å²) in [6, 6.07) is 9.78. The molecule has 1 heterocycles. The third kappa shape index (κ3) is 2.93. The molecule has 1 aromatic carbocycles. The molecule has 0 aliphatic heterocycles. The number of nitrogens with zero attached hydrogens (tertiary/aromatic N) is 1. The number of anilines is 1. The van der Waals surface area contributed by atoms with Crippen molar-refractivity contribution in [3.8, 4) is 0 Å². The molecule has 0 aliphatic carbocycles. The number of benzene rings is 1. The van der Waals surface area contributed by atoms with Crippen molar-refractivity contribution in [2.75, 3.05) is 5.73 Å². The number of pyridine rings is 1. The van der Waals surface area contributed by atoms with E-state index in [1.165, 1.54) is 11.1 Å². The van der Waals surface area contributed by atoms with Gasteiger partial charge in [-0.25, -0.2) is 4.98 Å². The van der Waals surface area contributed by atoms with Crippen molar-refractivity contribution < 1.29 is 0 Å². The van der Waals surface area contributed by atoms with Crippen LogP contribution in [0.15, 0.2) is 40.3 Å². The number of aryl methyl sites for hydroxylation is 2. The van der Waals surface area contributed by atoms with Gasteiger partial charge in [0.15, 0.2) is 0 Å². The third-order valence-electron chi connectivity index (χ3n) is 2.39. The molecular weight excluding hydrogens is 252 g/mol. The van der Waals surface area contributed by atoms with Gasteiger partial charge in [0, 0.05) is 4.90 Å². The first-order valence-corrected chi connectivity index (χ1v) is 6.43. The van der Waals surface area contributed by atoms with Crippen molar-refractivity contribution in [2.24, 2.45) is 0 Å². The summed E-state index contributed by atoms with van der Waals surface area (Å²) in [5.74, 6) is 0. The lowest BCUT2D eigenvalue weighted by Gasteiger charge is -2.08. The Morgan fingerprint density at radius 2 is 1.94 bits per heavy atom. The molecule has 0 amide bonds. The number of hydrogen-bond donors (Lipinski definition) is 1. The Hall–Kier alpha value is -1.19. The zero-order valence-corrected chi connectivity index (χ0v) is 11.3. The quantitative estimate of drug-likeness (QED) is 0.831. The van der Waals surface area contributed by atoms with Gasteiger partial charge in [0.1, 0.15) is 10.2 Å². The minimum Gasteiger partial charge on any atom is -0.397 e. The molecule has 17 heavy (non-hydrogen) atoms. The predicted octanol–water partition coefficient (Wildman–Crippen LogP) is 4.09. The van der Waals surface area contributed by atoms with Crippen molar-refractivity contribution in [1.29, 1.82) is 0 Å². The Morgan fingerprint density at radius 1 is 1.18 bits per heavy atom. The molecule has 4 heteroatoms. The van der Waals surface area contributed by atoms with Crippen LogP contribution in [0, 0.1) is 13.8 Å². The van der Waals surface area contributed by atoms with E-state index in [4.69, 9.17) is 17.3 Å². The average Bonchev–Trinajstić information content (AvgIpc) is 2.27. The lowest BCUT2D eigenvalue weighted by atomic mass is 10.2. The van der Waals surface area contributed by atoms with E-state index in [1.807, 2.05) is 0 Å². The number of nitrogen functional groups attached to an aromatic ring is 1. The summed E-state index contributed by atoms with van der Waals surface area (Å²) in [6.07, 6.45) is 0. The average molecular weight is 265 g/mol. The molecule has 2 nitrogen and oxygen atoms in total. The van der Waals surface area contributed by atoms with Crippen LogP contribution in [0.25, 0.3) is 0 Å². The van der Waals surface area contributed by atoms with Crippen LogP contribution in [-0.2, 0) is 0 Å². The van der Waals surface area contributed by atoms with Crippen molar-refractivity contribution in [3.63, 3.8) is 0 Å². The van der Waals surface area contributed by atoms with Gasteiger partial charge in [0.25, 0.3) is 0 Å². The van der Waals surface area contributed by atoms with E-state index in [1.54, 1.807) is 23.9 Å². The van der Waals surface area contributed by atoms with Crippen LogP contribution in [0.2, 0.25) is 5.15 Å². The monoisotopic (exact) mass is 264 g/mol. The molecule has 0 saturated carbocycles. The van der Waals surface area contributed by atoms with Crippen molar-refractivity contribution in [3.05, 3.63) is 46.6 Å². The van der Waals surface area contributed by atoms with Gasteiger partial charge in [0.05, 0.1) is 5.69 Å². The highest BCUT2D eigenvalue weighted by Gasteiger charge is 2.06. The van der Waals surface area contributed by atoms with E-state index < -0.39 is 0 Å². The first kappa shape index (κ1) is 12.3. The van der Waals surface area contributed by atoms with E-state index in [0.29, 0.717) is 10.8 Å². The summed E-state index contributed by atoms with van der Waals surface area (Å²) in [5, 5.41) is 1.22. The SMILES string of the molecule is Cc1ccc(Sc2nc(Cl)ccc2N)c(C)c1. The highest BCUT2D eigenvalue weighted by atomic mass is 35.5. The molecule has 1 aromatic heterocycles. The van der Waals surface area contributed by atoms with Gasteiger partial charge in [0.2, 0.25) is 0 Å². The number of rotatable bonds is 2. The molecule has 2 N–H and O–H groups in total. The summed E-state index contributed by atoms with van der Waals surface area (Å²) in [7, 11) is 0. The molecule has 0 atom stereocenters. The molecular formula is C13H13ClN2S. The maximum atomic E-state index is 5.88. The summed E-state index contributed by atoms with van der Waals surface area (Å²) >= 11 is 7.41. The highest BCUT2D eigenvalue weighted by Crippen LogP contribution is 2.33. The topological polar surface area (TPSA) is 38.9 Å². The molecule has 88 valence electrons. The second kappa shape index (κ2) is 4.98. The molecule has 0 saturated heterocycles. The predicted molar refractivity (Wildman–Crippen MR) is 73.7 cm³/mol. The Labute approximate surface area is 110 Å². The fourth-order valence-corrected chi connectivity index (χ4v) is 2.62. The molecule has 0 radical (unpaired) electrons. The van der Waals surface area contributed by atoms with Crippen LogP contribution in [0.1, 0.15) is 11.1 Å². The Kier molecular flexibility index (Phi) is 3.60. The first-order valence-electron chi connectivity index (χ1n) is 5.23. The number of nitrogens with two attached hydrogens (primary N) is 1. The van der Waals surface area contributed by atoms with Crippen LogP contribution in [-0.4, -0.2) is 4.98 Å². The molecule has 0 spiro atoms. The normalized spacial score (nSPS) is 10.5. The fourth-order valence-electron chi connectivity index (χ4n) is 1.53. The number of hydrogen-bond acceptors (Lipinski definition) is 3. The van der Waals surface area contributed by atoms with Gasteiger partial charge in [-0.05, 0) is 37.6 Å². The maximum Gasteiger partial charge on any atom is 0.130 e. The first-order chi connectivity index (χ1) is 8.06. The van der Waals surface area contributed by atoms with Gasteiger partial charge >= 0.3 is 0 Å². The molecule has 2 aromatic rings. The Morgan fingerprint density at radius 3 is 2.65 bits per heavy atom. The van der Waals surface area contributed by atoms with Gasteiger partial charge in [-0.15, -0.1) is 0 Å². The van der Waals surface area contributed by atoms with Crippen molar-refractivity contribution in [1.82, 2.24) is 4.98 Å². The summed E-state index contributed by atoms with van der Waals surface area (Å²) in [4.78, 5) is 5.38. The molecule has 0 unspecified atom stereocenters. The van der Waals surface area contributed by atoms with Gasteiger partial charge in [-0.1, -0.05) is 41.1 Å². The largest absolute Gasteiger partial charge is 0.397 e. The second-order valence-corrected chi connectivity index (χ2v) is 5.32. The van der Waals surface area contributed by atoms with Gasteiger partial charge in [-0.3, -0.25) is 0 Å². The zero-order chi connectivity index (χ0) is 12.4. The van der Waals surface area contributed by atoms with Crippen LogP contribution < -0.4 is 5.73 Å². The van der Waals surface area contributed by atoms with Crippen LogP contribution in [0.5, 0.6) is 0 Å². The lowest BCUT2D eigenvalue weighted by Crippen LogP contribution is -1.92. The molecule has 0 aliphatic rings. The van der Waals surface area contributed by atoms with Crippen molar-refractivity contribution >= 4 is 29.1 Å². The minimum absolute atomic E-state index is 0.464. The zero-order valence-electron chi connectivity index (χ0n) is 9.70. The smallest absolute Gasteiger partial charge is 0.130 e. The van der Waals surface area contributed by atoms with E-state index in [0.717, 1.165) is 9.92 Å². The van der Waals surface area contributed by atoms with E-state index in [9.17, 15) is 0 Å². The van der Waals surface area contributed by atoms with E-state index in [2.05, 4.69) is 37.0 Å². The van der Waals surface area contributed by atoms with Gasteiger partial charge in [-0.2, -0.15) is 0 Å². The third-order valence-corrected chi connectivity index (χ3v) is 3.80. The number of aromatic nitrogens is 1. The fraction of sp³-hybridized carbons (Fsp3) is 0.154. The lowest BCUT2D eigenvalue weighted by molar-refractivity contribution is 1.13. The Balaban J connectivity index is 2.34. The summed E-state index contributed by atoms with van der Waals surface area (Å²) in [5.41, 5.74) is 9.00. The highest BCUT2D eigenvalue weighted by molar-refractivity contribution is 7.99. The van der Waals surface area contributed by atoms with E-state index >= 15 is 0 Å². The van der Waals surface area contributed by atoms with Crippen LogP contribution >= 0.6 is 23.4 Å². The molecule has 2 rings (SSSR count). The molecule has 0 bridgehead atoms. The van der Waals surface area contributed by atoms with Crippen LogP contribution in [0.4, 0.5) is 5.69 Å². The maximum absolute atomic E-state index is 5.88. The number of halogens is 1. The van der Waals surface area contributed by atoms with Crippen molar-refractivity contribution in [2.45, 2.75) is 23.8 Å². The summed E-state index contributed by atoms with van der Waals surface area (Å²) < 4.78 is 0. The van der Waals surface area contributed by atoms with Crippen LogP contribution in [0.3, 0.4) is 0 Å².